The summed E-state index contributed by atoms with van der Waals surface area (Å²) in [5, 5.41) is 0. The Morgan fingerprint density at radius 3 is 2.47 bits per heavy atom. The minimum Gasteiger partial charge on any atom is -0.427 e. The van der Waals surface area contributed by atoms with Crippen LogP contribution in [0.1, 0.15) is 77.3 Å². The van der Waals surface area contributed by atoms with Crippen LogP contribution in [0.15, 0.2) is 54.6 Å². The van der Waals surface area contributed by atoms with Crippen LogP contribution >= 0.6 is 0 Å². The monoisotopic (exact) mass is 405 g/mol. The zero-order valence-electron chi connectivity index (χ0n) is 18.9. The molecule has 0 fully saturated rings. The van der Waals surface area contributed by atoms with Crippen molar-refractivity contribution in [2.24, 2.45) is 0 Å². The molecule has 3 nitrogen and oxygen atoms in total. The average molecular weight is 406 g/mol. The fourth-order valence-corrected chi connectivity index (χ4v) is 4.24. The summed E-state index contributed by atoms with van der Waals surface area (Å²) in [6.07, 6.45) is 8.44. The van der Waals surface area contributed by atoms with Crippen LogP contribution in [0.4, 0.5) is 5.69 Å². The van der Waals surface area contributed by atoms with Crippen LogP contribution in [0.2, 0.25) is 0 Å². The molecule has 0 unspecified atom stereocenters. The molecule has 0 bridgehead atoms. The van der Waals surface area contributed by atoms with E-state index in [1.54, 1.807) is 0 Å². The number of nitrogens with zero attached hydrogens (tertiary/aromatic N) is 1. The van der Waals surface area contributed by atoms with E-state index in [0.29, 0.717) is 12.2 Å². The number of fused-ring (bicyclic) bond motifs is 1. The topological polar surface area (TPSA) is 29.5 Å². The van der Waals surface area contributed by atoms with Gasteiger partial charge in [0, 0.05) is 24.2 Å². The van der Waals surface area contributed by atoms with Gasteiger partial charge in [-0.15, -0.1) is 0 Å². The lowest BCUT2D eigenvalue weighted by molar-refractivity contribution is -0.134. The van der Waals surface area contributed by atoms with Crippen molar-refractivity contribution < 1.29 is 9.53 Å². The molecule has 0 radical (unpaired) electrons. The quantitative estimate of drug-likeness (QED) is 0.252. The van der Waals surface area contributed by atoms with E-state index in [1.807, 2.05) is 18.2 Å². The highest BCUT2D eigenvalue weighted by molar-refractivity contribution is 5.83. The zero-order chi connectivity index (χ0) is 21.6. The Kier molecular flexibility index (Phi) is 7.36. The summed E-state index contributed by atoms with van der Waals surface area (Å²) in [6.45, 7) is 9.66. The summed E-state index contributed by atoms with van der Waals surface area (Å²) in [7, 11) is 0. The maximum atomic E-state index is 12.3. The fourth-order valence-electron chi connectivity index (χ4n) is 4.24. The summed E-state index contributed by atoms with van der Waals surface area (Å²) in [5.41, 5.74) is 4.73. The van der Waals surface area contributed by atoms with Crippen molar-refractivity contribution >= 4 is 17.2 Å². The number of rotatable bonds is 9. The van der Waals surface area contributed by atoms with E-state index in [-0.39, 0.29) is 11.5 Å². The molecular formula is C27H35NO2. The Labute approximate surface area is 181 Å². The standard InChI is InChI=1S/C27H35NO2/c1-5-6-7-8-12-15-26(29)30-23-16-17-25-24(18-23)21(2)19-27(3,4)28(25)20-22-13-10-9-11-14-22/h9-11,13-14,16-19H,5-8,12,15,20H2,1-4H3. The highest BCUT2D eigenvalue weighted by atomic mass is 16.5. The molecule has 2 aromatic rings. The third-order valence-corrected chi connectivity index (χ3v) is 5.85. The molecule has 0 amide bonds. The molecule has 3 rings (SSSR count). The first-order valence-corrected chi connectivity index (χ1v) is 11.3. The number of anilines is 1. The number of unbranched alkanes of at least 4 members (excludes halogenated alkanes) is 4. The molecule has 3 heteroatoms. The first kappa shape index (κ1) is 22.1. The molecule has 0 atom stereocenters. The third kappa shape index (κ3) is 5.53. The van der Waals surface area contributed by atoms with Crippen molar-refractivity contribution in [1.82, 2.24) is 0 Å². The molecule has 0 saturated carbocycles. The Hall–Kier alpha value is -2.55. The number of carbonyl (C=O) groups is 1. The van der Waals surface area contributed by atoms with Crippen molar-refractivity contribution in [2.45, 2.75) is 78.3 Å². The summed E-state index contributed by atoms with van der Waals surface area (Å²) >= 11 is 0. The first-order valence-electron chi connectivity index (χ1n) is 11.3. The number of carbonyl (C=O) groups excluding carboxylic acids is 1. The summed E-state index contributed by atoms with van der Waals surface area (Å²) in [5.74, 6) is 0.504. The van der Waals surface area contributed by atoms with Crippen LogP contribution < -0.4 is 9.64 Å². The van der Waals surface area contributed by atoms with Gasteiger partial charge in [0.25, 0.3) is 0 Å². The van der Waals surface area contributed by atoms with Gasteiger partial charge in [0.1, 0.15) is 5.75 Å². The van der Waals surface area contributed by atoms with Crippen LogP contribution in [0.3, 0.4) is 0 Å². The molecule has 0 N–H and O–H groups in total. The van der Waals surface area contributed by atoms with Gasteiger partial charge in [-0.3, -0.25) is 4.79 Å². The molecular weight excluding hydrogens is 370 g/mol. The predicted molar refractivity (Wildman–Crippen MR) is 126 cm³/mol. The van der Waals surface area contributed by atoms with E-state index in [0.717, 1.165) is 24.9 Å². The minimum atomic E-state index is -0.134. The molecule has 0 saturated heterocycles. The van der Waals surface area contributed by atoms with E-state index in [4.69, 9.17) is 4.74 Å². The molecule has 0 aromatic heterocycles. The van der Waals surface area contributed by atoms with Gasteiger partial charge in [0.15, 0.2) is 0 Å². The zero-order valence-corrected chi connectivity index (χ0v) is 18.9. The van der Waals surface area contributed by atoms with Gasteiger partial charge >= 0.3 is 5.97 Å². The first-order chi connectivity index (χ1) is 14.4. The maximum absolute atomic E-state index is 12.3. The molecule has 2 aromatic carbocycles. The van der Waals surface area contributed by atoms with Crippen molar-refractivity contribution in [3.8, 4) is 5.75 Å². The summed E-state index contributed by atoms with van der Waals surface area (Å²) in [6, 6.07) is 16.6. The van der Waals surface area contributed by atoms with E-state index < -0.39 is 0 Å². The minimum absolute atomic E-state index is 0.0936. The third-order valence-electron chi connectivity index (χ3n) is 5.85. The van der Waals surface area contributed by atoms with Gasteiger partial charge in [-0.25, -0.2) is 0 Å². The number of hydrogen-bond donors (Lipinski definition) is 0. The van der Waals surface area contributed by atoms with Gasteiger partial charge in [-0.1, -0.05) is 69.0 Å². The van der Waals surface area contributed by atoms with E-state index >= 15 is 0 Å². The summed E-state index contributed by atoms with van der Waals surface area (Å²) in [4.78, 5) is 14.7. The van der Waals surface area contributed by atoms with Crippen LogP contribution in [0.5, 0.6) is 5.75 Å². The second-order valence-corrected chi connectivity index (χ2v) is 8.87. The number of ether oxygens (including phenoxy) is 1. The van der Waals surface area contributed by atoms with Gasteiger partial charge in [0.05, 0.1) is 5.54 Å². The molecule has 160 valence electrons. The Bertz CT molecular complexity index is 883. The van der Waals surface area contributed by atoms with Crippen LogP contribution in [-0.2, 0) is 11.3 Å². The van der Waals surface area contributed by atoms with Gasteiger partial charge in [-0.2, -0.15) is 0 Å². The number of hydrogen-bond acceptors (Lipinski definition) is 3. The van der Waals surface area contributed by atoms with Crippen LogP contribution in [0.25, 0.3) is 5.57 Å². The smallest absolute Gasteiger partial charge is 0.311 e. The lowest BCUT2D eigenvalue weighted by Gasteiger charge is -2.43. The SMILES string of the molecule is CCCCCCCC(=O)Oc1ccc2c(c1)C(C)=CC(C)(C)N2Cc1ccccc1. The van der Waals surface area contributed by atoms with E-state index in [9.17, 15) is 4.79 Å². The molecule has 30 heavy (non-hydrogen) atoms. The molecule has 0 aliphatic carbocycles. The molecule has 1 aliphatic heterocycles. The number of allylic oxidation sites excluding steroid dienone is 1. The van der Waals surface area contributed by atoms with Crippen LogP contribution in [-0.4, -0.2) is 11.5 Å². The normalized spacial score (nSPS) is 14.8. The highest BCUT2D eigenvalue weighted by Crippen LogP contribution is 2.41. The lowest BCUT2D eigenvalue weighted by atomic mass is 9.88. The second kappa shape index (κ2) is 9.97. The fraction of sp³-hybridized carbons (Fsp3) is 0.444. The molecule has 1 heterocycles. The number of esters is 1. The highest BCUT2D eigenvalue weighted by Gasteiger charge is 2.31. The predicted octanol–water partition coefficient (Wildman–Crippen LogP) is 7.15. The van der Waals surface area contributed by atoms with Crippen molar-refractivity contribution in [2.75, 3.05) is 4.90 Å². The lowest BCUT2D eigenvalue weighted by Crippen LogP contribution is -2.44. The maximum Gasteiger partial charge on any atom is 0.311 e. The van der Waals surface area contributed by atoms with Gasteiger partial charge < -0.3 is 9.64 Å². The van der Waals surface area contributed by atoms with Gasteiger partial charge in [-0.05, 0) is 56.5 Å². The van der Waals surface area contributed by atoms with Gasteiger partial charge in [0.2, 0.25) is 0 Å². The second-order valence-electron chi connectivity index (χ2n) is 8.87. The Morgan fingerprint density at radius 2 is 1.73 bits per heavy atom. The van der Waals surface area contributed by atoms with Crippen molar-refractivity contribution in [3.05, 3.63) is 65.7 Å². The van der Waals surface area contributed by atoms with Crippen LogP contribution in [0, 0.1) is 0 Å². The average Bonchev–Trinajstić information content (AvgIpc) is 2.71. The number of benzene rings is 2. The van der Waals surface area contributed by atoms with Crippen molar-refractivity contribution in [3.63, 3.8) is 0 Å². The van der Waals surface area contributed by atoms with E-state index in [2.05, 4.69) is 69.0 Å². The Balaban J connectivity index is 1.73. The van der Waals surface area contributed by atoms with Crippen molar-refractivity contribution in [1.29, 1.82) is 0 Å². The Morgan fingerprint density at radius 1 is 1.00 bits per heavy atom. The largest absolute Gasteiger partial charge is 0.427 e. The molecule has 0 spiro atoms. The summed E-state index contributed by atoms with van der Waals surface area (Å²) < 4.78 is 5.66. The van der Waals surface area contributed by atoms with E-state index in [1.165, 1.54) is 36.1 Å². The molecule has 1 aliphatic rings.